The zero-order chi connectivity index (χ0) is 24.8. The molecule has 2 N–H and O–H groups in total. The number of carbonyl (C=O) groups excluding carboxylic acids is 2. The number of Topliss-reactive ketones (excluding diaryl/α,β-unsaturated/α-hetero) is 1. The number of ketones is 1. The second-order valence-electron chi connectivity index (χ2n) is 9.18. The summed E-state index contributed by atoms with van der Waals surface area (Å²) >= 11 is 6.12. The third-order valence-corrected chi connectivity index (χ3v) is 6.09. The van der Waals surface area contributed by atoms with E-state index in [0.717, 1.165) is 22.6 Å². The minimum Gasteiger partial charge on any atom is -0.507 e. The van der Waals surface area contributed by atoms with Gasteiger partial charge in [0.2, 0.25) is 0 Å². The molecule has 0 aromatic heterocycles. The molecule has 4 rings (SSSR count). The van der Waals surface area contributed by atoms with E-state index in [4.69, 9.17) is 11.6 Å². The van der Waals surface area contributed by atoms with Gasteiger partial charge in [-0.2, -0.15) is 0 Å². The Morgan fingerprint density at radius 3 is 2.18 bits per heavy atom. The van der Waals surface area contributed by atoms with Gasteiger partial charge in [0.25, 0.3) is 11.7 Å². The van der Waals surface area contributed by atoms with Crippen LogP contribution in [0.15, 0.2) is 72.3 Å². The van der Waals surface area contributed by atoms with Crippen LogP contribution in [-0.4, -0.2) is 21.9 Å². The lowest BCUT2D eigenvalue weighted by Gasteiger charge is -2.27. The lowest BCUT2D eigenvalue weighted by molar-refractivity contribution is -0.132. The number of hydrogen-bond acceptors (Lipinski definition) is 4. The molecule has 0 saturated carbocycles. The van der Waals surface area contributed by atoms with Crippen molar-refractivity contribution in [2.24, 2.45) is 0 Å². The molecule has 1 heterocycles. The van der Waals surface area contributed by atoms with E-state index < -0.39 is 29.3 Å². The topological polar surface area (TPSA) is 77.8 Å². The molecule has 7 heteroatoms. The quantitative estimate of drug-likeness (QED) is 0.270. The number of rotatable bonds is 3. The molecule has 34 heavy (non-hydrogen) atoms. The van der Waals surface area contributed by atoms with E-state index in [1.54, 1.807) is 12.1 Å². The summed E-state index contributed by atoms with van der Waals surface area (Å²) in [6.45, 7) is 6.19. The Hall–Kier alpha value is -3.64. The van der Waals surface area contributed by atoms with Gasteiger partial charge >= 0.3 is 0 Å². The van der Waals surface area contributed by atoms with Gasteiger partial charge in [0.15, 0.2) is 0 Å². The van der Waals surface area contributed by atoms with Crippen molar-refractivity contribution in [1.82, 2.24) is 0 Å². The van der Waals surface area contributed by atoms with E-state index in [0.29, 0.717) is 5.56 Å². The number of anilines is 1. The van der Waals surface area contributed by atoms with Crippen LogP contribution < -0.4 is 4.90 Å². The number of benzene rings is 3. The van der Waals surface area contributed by atoms with Crippen molar-refractivity contribution in [2.45, 2.75) is 32.2 Å². The number of phenols is 1. The number of amides is 1. The van der Waals surface area contributed by atoms with Crippen molar-refractivity contribution in [3.63, 3.8) is 0 Å². The highest BCUT2D eigenvalue weighted by Gasteiger charge is 2.47. The van der Waals surface area contributed by atoms with E-state index in [2.05, 4.69) is 20.8 Å². The van der Waals surface area contributed by atoms with Crippen LogP contribution in [0.2, 0.25) is 5.02 Å². The van der Waals surface area contributed by atoms with Crippen molar-refractivity contribution in [3.05, 3.63) is 99.8 Å². The smallest absolute Gasteiger partial charge is 0.300 e. The van der Waals surface area contributed by atoms with Crippen molar-refractivity contribution < 1.29 is 24.2 Å². The number of halogens is 2. The predicted octanol–water partition coefficient (Wildman–Crippen LogP) is 6.11. The second kappa shape index (κ2) is 8.61. The van der Waals surface area contributed by atoms with Crippen LogP contribution in [0.3, 0.4) is 0 Å². The third kappa shape index (κ3) is 4.17. The fourth-order valence-electron chi connectivity index (χ4n) is 4.01. The molecule has 1 fully saturated rings. The van der Waals surface area contributed by atoms with Crippen LogP contribution in [-0.2, 0) is 15.0 Å². The first kappa shape index (κ1) is 23.5. The molecule has 1 saturated heterocycles. The number of aliphatic hydroxyl groups excluding tert-OH is 1. The lowest BCUT2D eigenvalue weighted by atomic mass is 9.85. The van der Waals surface area contributed by atoms with Crippen LogP contribution in [0.4, 0.5) is 10.1 Å². The summed E-state index contributed by atoms with van der Waals surface area (Å²) in [5.74, 6) is -3.04. The highest BCUT2D eigenvalue weighted by atomic mass is 35.5. The summed E-state index contributed by atoms with van der Waals surface area (Å²) in [5, 5.41) is 21.8. The molecular formula is C27H23ClFNO4. The highest BCUT2D eigenvalue weighted by Crippen LogP contribution is 2.45. The van der Waals surface area contributed by atoms with Crippen LogP contribution >= 0.6 is 11.6 Å². The fraction of sp³-hybridized carbons (Fsp3) is 0.185. The zero-order valence-electron chi connectivity index (χ0n) is 18.8. The first-order valence-corrected chi connectivity index (χ1v) is 11.0. The molecule has 5 nitrogen and oxygen atoms in total. The average Bonchev–Trinajstić information content (AvgIpc) is 3.05. The van der Waals surface area contributed by atoms with Gasteiger partial charge < -0.3 is 10.2 Å². The largest absolute Gasteiger partial charge is 0.507 e. The van der Waals surface area contributed by atoms with Crippen LogP contribution in [0.1, 0.15) is 43.5 Å². The summed E-state index contributed by atoms with van der Waals surface area (Å²) in [6, 6.07) is 15.5. The van der Waals surface area contributed by atoms with Gasteiger partial charge in [-0.3, -0.25) is 14.5 Å². The van der Waals surface area contributed by atoms with Gasteiger partial charge in [0, 0.05) is 10.6 Å². The fourth-order valence-corrected chi connectivity index (χ4v) is 4.18. The molecular weight excluding hydrogens is 457 g/mol. The van der Waals surface area contributed by atoms with Crippen LogP contribution in [0.5, 0.6) is 5.75 Å². The number of aliphatic hydroxyl groups is 1. The molecule has 1 atom stereocenters. The van der Waals surface area contributed by atoms with Gasteiger partial charge in [-0.1, -0.05) is 56.6 Å². The SMILES string of the molecule is CC(C)(C)c1ccc(C2/C(=C(\O)c3ccc(F)cc3)C(=O)C(=O)N2c2cc(Cl)ccc2O)cc1. The number of carbonyl (C=O) groups is 2. The Kier molecular flexibility index (Phi) is 5.96. The van der Waals surface area contributed by atoms with Gasteiger partial charge in [-0.05, 0) is 59.0 Å². The maximum Gasteiger partial charge on any atom is 0.300 e. The van der Waals surface area contributed by atoms with Crippen LogP contribution in [0, 0.1) is 5.82 Å². The van der Waals surface area contributed by atoms with Crippen molar-refractivity contribution in [1.29, 1.82) is 0 Å². The Bertz CT molecular complexity index is 1310. The number of aromatic hydroxyl groups is 1. The number of nitrogens with zero attached hydrogens (tertiary/aromatic N) is 1. The maximum atomic E-state index is 13.4. The molecule has 0 bridgehead atoms. The molecule has 0 spiro atoms. The molecule has 0 radical (unpaired) electrons. The highest BCUT2D eigenvalue weighted by molar-refractivity contribution is 6.52. The lowest BCUT2D eigenvalue weighted by Crippen LogP contribution is -2.29. The maximum absolute atomic E-state index is 13.4. The average molecular weight is 480 g/mol. The molecule has 3 aromatic rings. The first-order chi connectivity index (χ1) is 16.0. The Morgan fingerprint density at radius 1 is 0.971 bits per heavy atom. The third-order valence-electron chi connectivity index (χ3n) is 5.85. The van der Waals surface area contributed by atoms with Gasteiger partial charge in [0.1, 0.15) is 17.3 Å². The summed E-state index contributed by atoms with van der Waals surface area (Å²) in [6.07, 6.45) is 0. The van der Waals surface area contributed by atoms with Gasteiger partial charge in [0.05, 0.1) is 17.3 Å². The molecule has 0 aliphatic carbocycles. The summed E-state index contributed by atoms with van der Waals surface area (Å²) in [7, 11) is 0. The molecule has 1 aliphatic heterocycles. The predicted molar refractivity (Wildman–Crippen MR) is 129 cm³/mol. The van der Waals surface area contributed by atoms with E-state index in [9.17, 15) is 24.2 Å². The minimum absolute atomic E-state index is 0.0395. The number of hydrogen-bond donors (Lipinski definition) is 2. The summed E-state index contributed by atoms with van der Waals surface area (Å²) in [4.78, 5) is 27.5. The number of phenolic OH excluding ortho intramolecular Hbond substituents is 1. The summed E-state index contributed by atoms with van der Waals surface area (Å²) in [5.41, 5.74) is 1.52. The van der Waals surface area contributed by atoms with Gasteiger partial charge in [-0.25, -0.2) is 4.39 Å². The first-order valence-electron chi connectivity index (χ1n) is 10.6. The molecule has 1 amide bonds. The van der Waals surface area contributed by atoms with E-state index in [1.165, 1.54) is 30.3 Å². The molecule has 1 aliphatic rings. The Balaban J connectivity index is 1.96. The monoisotopic (exact) mass is 479 g/mol. The van der Waals surface area contributed by atoms with E-state index >= 15 is 0 Å². The van der Waals surface area contributed by atoms with Crippen molar-refractivity contribution in [3.8, 4) is 5.75 Å². The van der Waals surface area contributed by atoms with Crippen molar-refractivity contribution >= 4 is 34.7 Å². The molecule has 3 aromatic carbocycles. The standard InChI is InChI=1S/C27H23ClFNO4/c1-27(2,3)17-8-4-15(5-9-17)23-22(24(32)16-6-11-19(29)12-7-16)25(33)26(34)30(23)20-14-18(28)10-13-21(20)31/h4-14,23,31-32H,1-3H3/b24-22+. The minimum atomic E-state index is -1.04. The normalized spacial score (nSPS) is 17.9. The van der Waals surface area contributed by atoms with E-state index in [1.807, 2.05) is 12.1 Å². The Labute approximate surface area is 201 Å². The second-order valence-corrected chi connectivity index (χ2v) is 9.62. The Morgan fingerprint density at radius 2 is 1.59 bits per heavy atom. The van der Waals surface area contributed by atoms with Crippen LogP contribution in [0.25, 0.3) is 5.76 Å². The summed E-state index contributed by atoms with van der Waals surface area (Å²) < 4.78 is 13.4. The van der Waals surface area contributed by atoms with E-state index in [-0.39, 0.29) is 33.0 Å². The molecule has 174 valence electrons. The van der Waals surface area contributed by atoms with Crippen molar-refractivity contribution in [2.75, 3.05) is 4.90 Å². The molecule has 1 unspecified atom stereocenters. The zero-order valence-corrected chi connectivity index (χ0v) is 19.6. The van der Waals surface area contributed by atoms with Gasteiger partial charge in [-0.15, -0.1) is 0 Å².